The fourth-order valence-electron chi connectivity index (χ4n) is 1.62. The Morgan fingerprint density at radius 2 is 2.14 bits per heavy atom. The molecule has 2 N–H and O–H groups in total. The third-order valence-electron chi connectivity index (χ3n) is 2.58. The van der Waals surface area contributed by atoms with Crippen LogP contribution in [0, 0.1) is 17.7 Å². The van der Waals surface area contributed by atoms with Crippen LogP contribution in [-0.2, 0) is 16.6 Å². The summed E-state index contributed by atoms with van der Waals surface area (Å²) in [7, 11) is -3.81. The van der Waals surface area contributed by atoms with Crippen LogP contribution in [0.5, 0.6) is 0 Å². The molecule has 21 heavy (non-hydrogen) atoms. The van der Waals surface area contributed by atoms with E-state index in [0.29, 0.717) is 0 Å². The highest BCUT2D eigenvalue weighted by molar-refractivity contribution is 7.89. The van der Waals surface area contributed by atoms with Crippen LogP contribution in [-0.4, -0.2) is 20.1 Å². The van der Waals surface area contributed by atoms with Crippen molar-refractivity contribution in [3.8, 4) is 11.8 Å². The van der Waals surface area contributed by atoms with E-state index in [1.807, 2.05) is 16.8 Å². The third kappa shape index (κ3) is 4.12. The Bertz CT molecular complexity index is 774. The molecule has 1 heterocycles. The molecule has 0 saturated heterocycles. The molecule has 0 aliphatic rings. The van der Waals surface area contributed by atoms with Gasteiger partial charge in [0.1, 0.15) is 12.4 Å². The van der Waals surface area contributed by atoms with Gasteiger partial charge in [-0.05, 0) is 40.6 Å². The molecule has 0 unspecified atom stereocenters. The van der Waals surface area contributed by atoms with Crippen LogP contribution in [0.4, 0.5) is 4.39 Å². The summed E-state index contributed by atoms with van der Waals surface area (Å²) in [5, 5.41) is 12.4. The molecule has 0 aliphatic carbocycles. The van der Waals surface area contributed by atoms with Gasteiger partial charge in [0.15, 0.2) is 0 Å². The molecular formula is C14H12FNO3S2. The van der Waals surface area contributed by atoms with Gasteiger partial charge in [-0.1, -0.05) is 11.8 Å². The predicted octanol–water partition coefficient (Wildman–Crippen LogP) is 1.71. The van der Waals surface area contributed by atoms with E-state index in [9.17, 15) is 12.8 Å². The van der Waals surface area contributed by atoms with Crippen molar-refractivity contribution < 1.29 is 17.9 Å². The fraction of sp³-hybridized carbons (Fsp3) is 0.143. The Morgan fingerprint density at radius 1 is 1.33 bits per heavy atom. The molecule has 0 spiro atoms. The summed E-state index contributed by atoms with van der Waals surface area (Å²) in [6.07, 6.45) is 0. The first-order valence-electron chi connectivity index (χ1n) is 5.93. The predicted molar refractivity (Wildman–Crippen MR) is 78.7 cm³/mol. The van der Waals surface area contributed by atoms with Crippen LogP contribution in [0.2, 0.25) is 0 Å². The molecule has 0 bridgehead atoms. The molecule has 7 heteroatoms. The minimum atomic E-state index is -3.81. The zero-order valence-corrected chi connectivity index (χ0v) is 12.5. The molecule has 2 rings (SSSR count). The minimum Gasteiger partial charge on any atom is -0.384 e. The molecule has 0 saturated carbocycles. The SMILES string of the molecule is O=S(=O)(NCc1ccsc1)c1ccc(F)cc1C#CCO. The van der Waals surface area contributed by atoms with Crippen molar-refractivity contribution in [1.82, 2.24) is 4.72 Å². The average Bonchev–Trinajstić information content (AvgIpc) is 2.96. The van der Waals surface area contributed by atoms with Gasteiger partial charge in [-0.15, -0.1) is 0 Å². The molecule has 110 valence electrons. The van der Waals surface area contributed by atoms with Gasteiger partial charge in [-0.25, -0.2) is 17.5 Å². The van der Waals surface area contributed by atoms with Gasteiger partial charge in [0.25, 0.3) is 0 Å². The van der Waals surface area contributed by atoms with E-state index in [0.717, 1.165) is 23.8 Å². The molecule has 2 aromatic rings. The van der Waals surface area contributed by atoms with Gasteiger partial charge in [0, 0.05) is 12.1 Å². The number of benzene rings is 1. The molecule has 0 fully saturated rings. The van der Waals surface area contributed by atoms with Crippen molar-refractivity contribution in [1.29, 1.82) is 0 Å². The van der Waals surface area contributed by atoms with Gasteiger partial charge in [-0.2, -0.15) is 11.3 Å². The maximum Gasteiger partial charge on any atom is 0.242 e. The normalized spacial score (nSPS) is 11.0. The van der Waals surface area contributed by atoms with Crippen molar-refractivity contribution in [3.63, 3.8) is 0 Å². The minimum absolute atomic E-state index is 0.0156. The summed E-state index contributed by atoms with van der Waals surface area (Å²) in [5.41, 5.74) is 0.857. The summed E-state index contributed by atoms with van der Waals surface area (Å²) < 4.78 is 40.2. The second-order valence-corrected chi connectivity index (χ2v) is 6.57. The zero-order chi connectivity index (χ0) is 15.3. The highest BCUT2D eigenvalue weighted by Gasteiger charge is 2.18. The zero-order valence-electron chi connectivity index (χ0n) is 10.8. The van der Waals surface area contributed by atoms with Gasteiger partial charge >= 0.3 is 0 Å². The van der Waals surface area contributed by atoms with E-state index in [1.54, 1.807) is 0 Å². The van der Waals surface area contributed by atoms with Crippen LogP contribution in [0.15, 0.2) is 39.9 Å². The highest BCUT2D eigenvalue weighted by Crippen LogP contribution is 2.17. The third-order valence-corrected chi connectivity index (χ3v) is 4.77. The number of thiophene rings is 1. The Labute approximate surface area is 126 Å². The number of aliphatic hydroxyl groups excluding tert-OH is 1. The lowest BCUT2D eigenvalue weighted by Gasteiger charge is -2.08. The Hall–Kier alpha value is -1.72. The Kier molecular flexibility index (Phi) is 5.09. The van der Waals surface area contributed by atoms with Crippen molar-refractivity contribution in [3.05, 3.63) is 52.0 Å². The van der Waals surface area contributed by atoms with Gasteiger partial charge in [-0.3, -0.25) is 0 Å². The Balaban J connectivity index is 2.30. The van der Waals surface area contributed by atoms with Gasteiger partial charge in [0.2, 0.25) is 10.0 Å². The first kappa shape index (κ1) is 15.7. The van der Waals surface area contributed by atoms with E-state index in [-0.39, 0.29) is 17.0 Å². The van der Waals surface area contributed by atoms with Crippen molar-refractivity contribution in [2.45, 2.75) is 11.4 Å². The summed E-state index contributed by atoms with van der Waals surface area (Å²) >= 11 is 1.47. The van der Waals surface area contributed by atoms with Gasteiger partial charge < -0.3 is 5.11 Å². The van der Waals surface area contributed by atoms with Crippen LogP contribution in [0.1, 0.15) is 11.1 Å². The lowest BCUT2D eigenvalue weighted by atomic mass is 10.2. The van der Waals surface area contributed by atoms with Crippen molar-refractivity contribution in [2.75, 3.05) is 6.61 Å². The van der Waals surface area contributed by atoms with Gasteiger partial charge in [0.05, 0.1) is 4.90 Å². The number of hydrogen-bond donors (Lipinski definition) is 2. The van der Waals surface area contributed by atoms with Crippen molar-refractivity contribution >= 4 is 21.4 Å². The van der Waals surface area contributed by atoms with Crippen molar-refractivity contribution in [2.24, 2.45) is 0 Å². The largest absolute Gasteiger partial charge is 0.384 e. The van der Waals surface area contributed by atoms with Crippen LogP contribution >= 0.6 is 11.3 Å². The molecular weight excluding hydrogens is 313 g/mol. The monoisotopic (exact) mass is 325 g/mol. The number of sulfonamides is 1. The number of hydrogen-bond acceptors (Lipinski definition) is 4. The quantitative estimate of drug-likeness (QED) is 0.841. The highest BCUT2D eigenvalue weighted by atomic mass is 32.2. The molecule has 1 aromatic heterocycles. The van der Waals surface area contributed by atoms with E-state index in [4.69, 9.17) is 5.11 Å². The van der Waals surface area contributed by atoms with E-state index in [1.165, 1.54) is 11.3 Å². The second-order valence-electron chi connectivity index (χ2n) is 4.06. The fourth-order valence-corrected chi connectivity index (χ4v) is 3.45. The molecule has 0 aliphatic heterocycles. The molecule has 1 aromatic carbocycles. The lowest BCUT2D eigenvalue weighted by Crippen LogP contribution is -2.24. The maximum atomic E-state index is 13.2. The Morgan fingerprint density at radius 3 is 2.81 bits per heavy atom. The lowest BCUT2D eigenvalue weighted by molar-refractivity contribution is 0.350. The first-order valence-corrected chi connectivity index (χ1v) is 8.35. The summed E-state index contributed by atoms with van der Waals surface area (Å²) in [4.78, 5) is -0.111. The number of nitrogens with one attached hydrogen (secondary N) is 1. The summed E-state index contributed by atoms with van der Waals surface area (Å²) in [5.74, 6) is 4.18. The van der Waals surface area contributed by atoms with E-state index >= 15 is 0 Å². The van der Waals surface area contributed by atoms with Crippen LogP contribution < -0.4 is 4.72 Å². The summed E-state index contributed by atoms with van der Waals surface area (Å²) in [6.45, 7) is -0.283. The standard InChI is InChI=1S/C14H12FNO3S2/c15-13-3-4-14(12(8-13)2-1-6-17)21(18,19)16-9-11-5-7-20-10-11/h3-5,7-8,10,16-17H,6,9H2. The molecule has 4 nitrogen and oxygen atoms in total. The smallest absolute Gasteiger partial charge is 0.242 e. The number of aliphatic hydroxyl groups is 1. The number of rotatable bonds is 4. The van der Waals surface area contributed by atoms with E-state index in [2.05, 4.69) is 16.6 Å². The molecule has 0 atom stereocenters. The molecule has 0 amide bonds. The average molecular weight is 325 g/mol. The van der Waals surface area contributed by atoms with E-state index < -0.39 is 22.4 Å². The first-order chi connectivity index (χ1) is 10.0. The molecule has 0 radical (unpaired) electrons. The summed E-state index contributed by atoms with van der Waals surface area (Å²) in [6, 6.07) is 5.06. The topological polar surface area (TPSA) is 66.4 Å². The van der Waals surface area contributed by atoms with Crippen LogP contribution in [0.25, 0.3) is 0 Å². The second kappa shape index (κ2) is 6.83. The van der Waals surface area contributed by atoms with Crippen LogP contribution in [0.3, 0.4) is 0 Å². The number of halogens is 1. The maximum absolute atomic E-state index is 13.2.